The van der Waals surface area contributed by atoms with E-state index in [9.17, 15) is 8.78 Å². The molecular weight excluding hydrogens is 455 g/mol. The zero-order chi connectivity index (χ0) is 24.4. The number of aryl methyl sites for hydroxylation is 1. The van der Waals surface area contributed by atoms with Crippen LogP contribution in [-0.4, -0.2) is 38.2 Å². The summed E-state index contributed by atoms with van der Waals surface area (Å²) in [6, 6.07) is 11.7. The molecule has 4 aromatic rings. The fraction of sp³-hybridized carbons (Fsp3) is 0.346. The summed E-state index contributed by atoms with van der Waals surface area (Å²) in [4.78, 5) is 6.51. The number of para-hydroxylation sites is 1. The summed E-state index contributed by atoms with van der Waals surface area (Å²) in [5.74, 6) is 3.73. The molecule has 0 amide bonds. The van der Waals surface area contributed by atoms with Crippen molar-refractivity contribution in [1.82, 2.24) is 19.6 Å². The minimum atomic E-state index is -2.91. The van der Waals surface area contributed by atoms with E-state index in [0.717, 1.165) is 18.2 Å². The van der Waals surface area contributed by atoms with Gasteiger partial charge in [0.15, 0.2) is 5.82 Å². The molecule has 0 radical (unpaired) electrons. The van der Waals surface area contributed by atoms with Crippen molar-refractivity contribution in [3.63, 3.8) is 0 Å². The van der Waals surface area contributed by atoms with Gasteiger partial charge in [0, 0.05) is 18.2 Å². The number of fused-ring (bicyclic) bond motifs is 4. The Morgan fingerprint density at radius 3 is 2.69 bits per heavy atom. The van der Waals surface area contributed by atoms with Crippen molar-refractivity contribution in [3.05, 3.63) is 59.7 Å². The van der Waals surface area contributed by atoms with Gasteiger partial charge in [-0.1, -0.05) is 36.1 Å². The van der Waals surface area contributed by atoms with Gasteiger partial charge in [-0.15, -0.1) is 10.2 Å². The Morgan fingerprint density at radius 1 is 1.11 bits per heavy atom. The van der Waals surface area contributed by atoms with Gasteiger partial charge in [-0.3, -0.25) is 4.40 Å². The fourth-order valence-corrected chi connectivity index (χ4v) is 4.73. The van der Waals surface area contributed by atoms with Crippen LogP contribution in [0, 0.1) is 30.0 Å². The zero-order valence-electron chi connectivity index (χ0n) is 19.2. The molecule has 6 rings (SSSR count). The lowest BCUT2D eigenvalue weighted by atomic mass is 9.99. The molecule has 1 aliphatic heterocycles. The van der Waals surface area contributed by atoms with Crippen molar-refractivity contribution in [2.24, 2.45) is 5.41 Å². The highest BCUT2D eigenvalue weighted by Crippen LogP contribution is 2.56. The van der Waals surface area contributed by atoms with Crippen molar-refractivity contribution in [1.29, 1.82) is 0 Å². The van der Waals surface area contributed by atoms with E-state index in [2.05, 4.69) is 22.0 Å². The lowest BCUT2D eigenvalue weighted by molar-refractivity contribution is -0.0295. The molecule has 9 heteroatoms. The summed E-state index contributed by atoms with van der Waals surface area (Å²) in [7, 11) is 0. The van der Waals surface area contributed by atoms with E-state index in [4.69, 9.17) is 9.72 Å². The van der Waals surface area contributed by atoms with E-state index in [1.807, 2.05) is 24.3 Å². The summed E-state index contributed by atoms with van der Waals surface area (Å²) < 4.78 is 51.6. The molecule has 0 saturated heterocycles. The third-order valence-corrected chi connectivity index (χ3v) is 6.86. The maximum atomic E-state index is 15.4. The average Bonchev–Trinajstić information content (AvgIpc) is 3.57. The Kier molecular flexibility index (Phi) is 4.80. The van der Waals surface area contributed by atoms with Gasteiger partial charge >= 0.3 is 0 Å². The highest BCUT2D eigenvalue weighted by molar-refractivity contribution is 5.95. The van der Waals surface area contributed by atoms with E-state index in [0.29, 0.717) is 42.4 Å². The van der Waals surface area contributed by atoms with Gasteiger partial charge in [0.25, 0.3) is 11.7 Å². The molecule has 1 fully saturated rings. The molecule has 2 aromatic carbocycles. The van der Waals surface area contributed by atoms with Crippen molar-refractivity contribution in [2.45, 2.75) is 45.3 Å². The van der Waals surface area contributed by atoms with Gasteiger partial charge < -0.3 is 9.64 Å². The van der Waals surface area contributed by atoms with Crippen molar-refractivity contribution in [3.8, 4) is 11.8 Å². The van der Waals surface area contributed by atoms with Crippen LogP contribution in [0.25, 0.3) is 16.7 Å². The summed E-state index contributed by atoms with van der Waals surface area (Å²) in [6.45, 7) is 3.14. The summed E-state index contributed by atoms with van der Waals surface area (Å²) in [6.07, 6.45) is 0.683. The van der Waals surface area contributed by atoms with Gasteiger partial charge in [0.1, 0.15) is 17.7 Å². The first-order valence-corrected chi connectivity index (χ1v) is 11.4. The molecule has 0 spiro atoms. The van der Waals surface area contributed by atoms with Crippen LogP contribution in [0.3, 0.4) is 0 Å². The largest absolute Gasteiger partial charge is 0.373 e. The quantitative estimate of drug-likeness (QED) is 0.372. The maximum absolute atomic E-state index is 15.4. The Hall–Kier alpha value is -3.64. The summed E-state index contributed by atoms with van der Waals surface area (Å²) in [5, 5.41) is 8.56. The monoisotopic (exact) mass is 477 g/mol. The minimum absolute atomic E-state index is 0.140. The number of alkyl halides is 2. The number of rotatable bonds is 2. The standard InChI is InChI=1S/C26H22F3N5O/c1-16-31-32-24-30-23(22-19(27)7-5-9-21(22)33(16)24)34-18(10-11-26(12-13-26)25(2,28)29)15-35-14-17-6-3-4-8-20(17)34/h3-9,18H,12-15H2,1-2H3. The lowest BCUT2D eigenvalue weighted by Gasteiger charge is -2.30. The second kappa shape index (κ2) is 7.68. The normalized spacial score (nSPS) is 19.2. The number of benzene rings is 2. The average molecular weight is 477 g/mol. The third-order valence-electron chi connectivity index (χ3n) is 6.86. The molecule has 1 aliphatic carbocycles. The van der Waals surface area contributed by atoms with Crippen LogP contribution in [0.1, 0.15) is 31.2 Å². The molecule has 3 heterocycles. The summed E-state index contributed by atoms with van der Waals surface area (Å²) in [5.41, 5.74) is 0.817. The smallest absolute Gasteiger partial charge is 0.261 e. The predicted molar refractivity (Wildman–Crippen MR) is 125 cm³/mol. The molecule has 1 unspecified atom stereocenters. The van der Waals surface area contributed by atoms with Crippen molar-refractivity contribution in [2.75, 3.05) is 11.5 Å². The van der Waals surface area contributed by atoms with E-state index in [1.54, 1.807) is 28.4 Å². The van der Waals surface area contributed by atoms with E-state index < -0.39 is 23.2 Å². The molecule has 2 aromatic heterocycles. The number of nitrogens with zero attached hydrogens (tertiary/aromatic N) is 5. The van der Waals surface area contributed by atoms with E-state index in [1.165, 1.54) is 6.07 Å². The molecule has 0 bridgehead atoms. The number of anilines is 2. The van der Waals surface area contributed by atoms with E-state index in [-0.39, 0.29) is 12.0 Å². The predicted octanol–water partition coefficient (Wildman–Crippen LogP) is 5.20. The van der Waals surface area contributed by atoms with Gasteiger partial charge in [-0.05, 0) is 38.0 Å². The first-order chi connectivity index (χ1) is 16.8. The fourth-order valence-electron chi connectivity index (χ4n) is 4.73. The van der Waals surface area contributed by atoms with Crippen LogP contribution in [0.5, 0.6) is 0 Å². The van der Waals surface area contributed by atoms with Gasteiger partial charge in [-0.2, -0.15) is 4.98 Å². The molecule has 0 N–H and O–H groups in total. The van der Waals surface area contributed by atoms with E-state index >= 15 is 4.39 Å². The van der Waals surface area contributed by atoms with Crippen molar-refractivity contribution < 1.29 is 17.9 Å². The highest BCUT2D eigenvalue weighted by atomic mass is 19.3. The highest BCUT2D eigenvalue weighted by Gasteiger charge is 2.58. The second-order valence-corrected chi connectivity index (χ2v) is 9.22. The van der Waals surface area contributed by atoms with Crippen LogP contribution in [0.15, 0.2) is 42.5 Å². The Morgan fingerprint density at radius 2 is 1.91 bits per heavy atom. The zero-order valence-corrected chi connectivity index (χ0v) is 19.2. The SMILES string of the molecule is Cc1nnc2nc(N3c4ccccc4COCC3C#CC3(C(C)(F)F)CC3)c3c(F)cccc3n12. The first-order valence-electron chi connectivity index (χ1n) is 11.4. The first kappa shape index (κ1) is 21.9. The maximum Gasteiger partial charge on any atom is 0.261 e. The number of ether oxygens (including phenoxy) is 1. The van der Waals surface area contributed by atoms with Gasteiger partial charge in [-0.25, -0.2) is 13.2 Å². The number of halogens is 3. The van der Waals surface area contributed by atoms with Crippen LogP contribution in [-0.2, 0) is 11.3 Å². The Labute approximate surface area is 199 Å². The summed E-state index contributed by atoms with van der Waals surface area (Å²) >= 11 is 0. The second-order valence-electron chi connectivity index (χ2n) is 9.22. The number of hydrogen-bond acceptors (Lipinski definition) is 5. The Bertz CT molecular complexity index is 1530. The van der Waals surface area contributed by atoms with Crippen molar-refractivity contribution >= 4 is 28.2 Å². The molecular formula is C26H22F3N5O. The number of hydrogen-bond donors (Lipinski definition) is 0. The van der Waals surface area contributed by atoms with Crippen LogP contribution >= 0.6 is 0 Å². The molecule has 1 saturated carbocycles. The number of aromatic nitrogens is 4. The van der Waals surface area contributed by atoms with Gasteiger partial charge in [0.05, 0.1) is 29.5 Å². The van der Waals surface area contributed by atoms with Gasteiger partial charge in [0.2, 0.25) is 0 Å². The van der Waals surface area contributed by atoms with Crippen LogP contribution in [0.2, 0.25) is 0 Å². The molecule has 6 nitrogen and oxygen atoms in total. The minimum Gasteiger partial charge on any atom is -0.373 e. The topological polar surface area (TPSA) is 55.5 Å². The Balaban J connectivity index is 1.62. The lowest BCUT2D eigenvalue weighted by Crippen LogP contribution is -2.34. The molecule has 35 heavy (non-hydrogen) atoms. The van der Waals surface area contributed by atoms with Crippen LogP contribution in [0.4, 0.5) is 24.7 Å². The molecule has 2 aliphatic rings. The molecule has 178 valence electrons. The molecule has 1 atom stereocenters. The third kappa shape index (κ3) is 3.43. The van der Waals surface area contributed by atoms with Crippen LogP contribution < -0.4 is 4.90 Å².